The van der Waals surface area contributed by atoms with Crippen LogP contribution in [-0.4, -0.2) is 61.1 Å². The predicted molar refractivity (Wildman–Crippen MR) is 249 cm³/mol. The van der Waals surface area contributed by atoms with E-state index in [9.17, 15) is 28.8 Å². The van der Waals surface area contributed by atoms with E-state index in [0.717, 1.165) is 32.9 Å². The highest BCUT2D eigenvalue weighted by atomic mass is 16.5. The summed E-state index contributed by atoms with van der Waals surface area (Å²) in [6.07, 6.45) is 10.9. The third-order valence-corrected chi connectivity index (χ3v) is 11.6. The summed E-state index contributed by atoms with van der Waals surface area (Å²) in [5, 5.41) is 0. The molecule has 12 nitrogen and oxygen atoms in total. The van der Waals surface area contributed by atoms with Crippen molar-refractivity contribution in [3.8, 4) is 23.0 Å². The zero-order chi connectivity index (χ0) is 47.0. The number of aldehydes is 1. The fourth-order valence-electron chi connectivity index (χ4n) is 7.77. The fraction of sp³-hybridized carbons (Fsp3) is 0.222. The van der Waals surface area contributed by atoms with E-state index < -0.39 is 17.2 Å². The molecule has 12 heteroatoms. The molecule has 336 valence electrons. The highest BCUT2D eigenvalue weighted by Gasteiger charge is 2.37. The first-order chi connectivity index (χ1) is 31.7. The van der Waals surface area contributed by atoms with Crippen molar-refractivity contribution in [2.24, 2.45) is 0 Å². The Balaban J connectivity index is 0.952. The zero-order valence-electron chi connectivity index (χ0n) is 37.5. The van der Waals surface area contributed by atoms with Crippen LogP contribution in [0.25, 0.3) is 0 Å². The summed E-state index contributed by atoms with van der Waals surface area (Å²) in [5.74, 6) is 0.107. The molecule has 5 aromatic carbocycles. The lowest BCUT2D eigenvalue weighted by atomic mass is 9.78. The van der Waals surface area contributed by atoms with Gasteiger partial charge >= 0.3 is 11.9 Å². The third kappa shape index (κ3) is 10.7. The van der Waals surface area contributed by atoms with Crippen molar-refractivity contribution in [1.82, 2.24) is 4.90 Å². The first-order valence-corrected chi connectivity index (χ1v) is 21.6. The van der Waals surface area contributed by atoms with Crippen LogP contribution in [0.4, 0.5) is 5.69 Å². The van der Waals surface area contributed by atoms with Crippen molar-refractivity contribution in [2.75, 3.05) is 25.2 Å². The van der Waals surface area contributed by atoms with Crippen molar-refractivity contribution < 1.29 is 47.7 Å². The number of carbonyl (C=O) groups is 6. The number of esters is 2. The maximum atomic E-state index is 13.6. The maximum absolute atomic E-state index is 13.6. The Kier molecular flexibility index (Phi) is 14.2. The van der Waals surface area contributed by atoms with Gasteiger partial charge in [-0.3, -0.25) is 28.8 Å². The number of allylic oxidation sites excluding steroid dienone is 4. The largest absolute Gasteiger partial charge is 0.466 e. The standard InChI is InChI=1S/C54H50N2O10/c1-35(58)63-30-28-37-8-6-10-42(11-7-9-37)55(5)51(60)48-26-24-46(32-39(48)34-57)65-44-20-14-40(15-21-44)54(3,4)41-16-22-45(23-17-41)66-47-25-27-49-50(33-47)53(62)56(52(49)61)43-18-12-38(13-19-43)29-31-64-36(2)59/h6,8-9,11-27,32-34H,7,10,28-31H2,1-5H3/b8-6-,37-9+,42-11+. The summed E-state index contributed by atoms with van der Waals surface area (Å²) in [6.45, 7) is 7.51. The smallest absolute Gasteiger partial charge is 0.302 e. The zero-order valence-corrected chi connectivity index (χ0v) is 37.5. The average Bonchev–Trinajstić information content (AvgIpc) is 3.54. The molecule has 0 aromatic heterocycles. The topological polar surface area (TPSA) is 146 Å². The molecule has 0 N–H and O–H groups in total. The van der Waals surface area contributed by atoms with Crippen LogP contribution < -0.4 is 14.4 Å². The van der Waals surface area contributed by atoms with Crippen molar-refractivity contribution in [2.45, 2.75) is 58.8 Å². The van der Waals surface area contributed by atoms with Crippen molar-refractivity contribution in [1.29, 1.82) is 0 Å². The number of amides is 3. The third-order valence-electron chi connectivity index (χ3n) is 11.6. The van der Waals surface area contributed by atoms with Gasteiger partial charge in [0, 0.05) is 56.8 Å². The Morgan fingerprint density at radius 2 is 1.24 bits per heavy atom. The van der Waals surface area contributed by atoms with Gasteiger partial charge in [-0.25, -0.2) is 4.90 Å². The van der Waals surface area contributed by atoms with Crippen LogP contribution in [0.5, 0.6) is 23.0 Å². The molecule has 0 bridgehead atoms. The van der Waals surface area contributed by atoms with Gasteiger partial charge in [-0.2, -0.15) is 0 Å². The van der Waals surface area contributed by atoms with Gasteiger partial charge in [-0.15, -0.1) is 0 Å². The summed E-state index contributed by atoms with van der Waals surface area (Å²) >= 11 is 0. The van der Waals surface area contributed by atoms with Crippen LogP contribution in [0.3, 0.4) is 0 Å². The van der Waals surface area contributed by atoms with Crippen LogP contribution in [0.1, 0.15) is 105 Å². The molecule has 0 radical (unpaired) electrons. The van der Waals surface area contributed by atoms with Gasteiger partial charge in [0.1, 0.15) is 23.0 Å². The van der Waals surface area contributed by atoms with Crippen LogP contribution in [0.15, 0.2) is 145 Å². The molecule has 5 aromatic rings. The number of benzene rings is 5. The quantitative estimate of drug-likeness (QED) is 0.0533. The van der Waals surface area contributed by atoms with Gasteiger partial charge in [0.15, 0.2) is 6.29 Å². The van der Waals surface area contributed by atoms with E-state index in [4.69, 9.17) is 18.9 Å². The molecule has 66 heavy (non-hydrogen) atoms. The number of fused-ring (bicyclic) bond motifs is 1. The van der Waals surface area contributed by atoms with E-state index in [1.165, 1.54) is 13.8 Å². The summed E-state index contributed by atoms with van der Waals surface area (Å²) in [7, 11) is 1.69. The second-order valence-corrected chi connectivity index (χ2v) is 16.4. The van der Waals surface area contributed by atoms with Crippen LogP contribution in [-0.2, 0) is 30.9 Å². The highest BCUT2D eigenvalue weighted by Crippen LogP contribution is 2.37. The lowest BCUT2D eigenvalue weighted by Gasteiger charge is -2.26. The second kappa shape index (κ2) is 20.3. The SMILES string of the molecule is CC(=O)OCCC1=C/C/C=C(/N(C)C(=O)c2ccc(Oc3ccc(C(C)(C)c4ccc(Oc5ccc6c(c5)C(=O)N(c5ccc(CCOC(C)=O)cc5)C6=O)cc4)cc3)cc2C=O)C/C=C\1. The minimum atomic E-state index is -0.442. The van der Waals surface area contributed by atoms with E-state index in [-0.39, 0.29) is 41.1 Å². The van der Waals surface area contributed by atoms with E-state index in [2.05, 4.69) is 13.8 Å². The molecule has 2 aliphatic rings. The monoisotopic (exact) mass is 886 g/mol. The van der Waals surface area contributed by atoms with Gasteiger partial charge < -0.3 is 23.8 Å². The molecule has 0 saturated heterocycles. The molecule has 0 saturated carbocycles. The van der Waals surface area contributed by atoms with Gasteiger partial charge in [0.25, 0.3) is 17.7 Å². The molecule has 3 amide bonds. The molecular weight excluding hydrogens is 837 g/mol. The summed E-state index contributed by atoms with van der Waals surface area (Å²) < 4.78 is 22.4. The summed E-state index contributed by atoms with van der Waals surface area (Å²) in [6, 6.07) is 32.1. The first-order valence-electron chi connectivity index (χ1n) is 21.6. The Morgan fingerprint density at radius 1 is 0.682 bits per heavy atom. The normalized spacial score (nSPS) is 15.5. The number of nitrogens with zero attached hydrogens (tertiary/aromatic N) is 2. The van der Waals surface area contributed by atoms with E-state index >= 15 is 0 Å². The number of rotatable bonds is 16. The minimum Gasteiger partial charge on any atom is -0.466 e. The lowest BCUT2D eigenvalue weighted by molar-refractivity contribution is -0.141. The van der Waals surface area contributed by atoms with Crippen molar-refractivity contribution >= 4 is 41.6 Å². The molecule has 7 rings (SSSR count). The minimum absolute atomic E-state index is 0.212. The van der Waals surface area contributed by atoms with E-state index in [1.807, 2.05) is 72.8 Å². The number of carbonyl (C=O) groups excluding carboxylic acids is 6. The molecule has 0 atom stereocenters. The fourth-order valence-corrected chi connectivity index (χ4v) is 7.77. The molecule has 0 spiro atoms. The number of hydrogen-bond donors (Lipinski definition) is 0. The molecule has 1 aliphatic heterocycles. The van der Waals surface area contributed by atoms with E-state index in [0.29, 0.717) is 72.8 Å². The Morgan fingerprint density at radius 3 is 1.85 bits per heavy atom. The van der Waals surface area contributed by atoms with Crippen molar-refractivity contribution in [3.05, 3.63) is 184 Å². The Bertz CT molecular complexity index is 2770. The number of hydrogen-bond acceptors (Lipinski definition) is 10. The second-order valence-electron chi connectivity index (χ2n) is 16.4. The van der Waals surface area contributed by atoms with E-state index in [1.54, 1.807) is 72.6 Å². The predicted octanol–water partition coefficient (Wildman–Crippen LogP) is 10.5. The van der Waals surface area contributed by atoms with Crippen LogP contribution in [0, 0.1) is 0 Å². The average molecular weight is 887 g/mol. The molecule has 1 aliphatic carbocycles. The number of imide groups is 1. The van der Waals surface area contributed by atoms with Gasteiger partial charge in [0.05, 0.1) is 35.6 Å². The molecule has 0 unspecified atom stereocenters. The number of ether oxygens (including phenoxy) is 4. The van der Waals surface area contributed by atoms with Gasteiger partial charge in [-0.1, -0.05) is 74.5 Å². The van der Waals surface area contributed by atoms with Crippen LogP contribution >= 0.6 is 0 Å². The van der Waals surface area contributed by atoms with Gasteiger partial charge in [0.2, 0.25) is 0 Å². The molecule has 1 heterocycles. The first kappa shape index (κ1) is 46.1. The molecular formula is C54H50N2O10. The summed E-state index contributed by atoms with van der Waals surface area (Å²) in [4.78, 5) is 77.5. The van der Waals surface area contributed by atoms with Crippen LogP contribution in [0.2, 0.25) is 0 Å². The van der Waals surface area contributed by atoms with Gasteiger partial charge in [-0.05, 0) is 101 Å². The molecule has 0 fully saturated rings. The Labute approximate surface area is 383 Å². The van der Waals surface area contributed by atoms with Crippen molar-refractivity contribution in [3.63, 3.8) is 0 Å². The number of anilines is 1. The lowest BCUT2D eigenvalue weighted by Crippen LogP contribution is -2.29. The highest BCUT2D eigenvalue weighted by molar-refractivity contribution is 6.34. The maximum Gasteiger partial charge on any atom is 0.302 e. The Hall–Kier alpha value is -7.86. The summed E-state index contributed by atoms with van der Waals surface area (Å²) in [5.41, 5.74) is 5.86.